The van der Waals surface area contributed by atoms with Crippen LogP contribution in [-0.4, -0.2) is 54.5 Å². The van der Waals surface area contributed by atoms with Crippen LogP contribution in [0.3, 0.4) is 0 Å². The molecule has 1 atom stereocenters. The molecule has 1 aliphatic heterocycles. The van der Waals surface area contributed by atoms with Gasteiger partial charge in [-0.3, -0.25) is 9.69 Å². The number of hydrogen-bond acceptors (Lipinski definition) is 3. The van der Waals surface area contributed by atoms with Gasteiger partial charge in [-0.05, 0) is 26.3 Å². The van der Waals surface area contributed by atoms with Crippen LogP contribution in [0.1, 0.15) is 33.1 Å². The van der Waals surface area contributed by atoms with Crippen molar-refractivity contribution >= 4 is 5.91 Å². The summed E-state index contributed by atoms with van der Waals surface area (Å²) in [6.45, 7) is 8.17. The van der Waals surface area contributed by atoms with Gasteiger partial charge in [-0.25, -0.2) is 0 Å². The average molecular weight is 227 g/mol. The Morgan fingerprint density at radius 1 is 1.50 bits per heavy atom. The largest absolute Gasteiger partial charge is 0.342 e. The van der Waals surface area contributed by atoms with E-state index in [1.807, 2.05) is 11.8 Å². The van der Waals surface area contributed by atoms with Gasteiger partial charge in [0, 0.05) is 39.1 Å². The Hall–Kier alpha value is -0.610. The van der Waals surface area contributed by atoms with Gasteiger partial charge in [0.1, 0.15) is 0 Å². The summed E-state index contributed by atoms with van der Waals surface area (Å²) < 4.78 is 0. The highest BCUT2D eigenvalue weighted by molar-refractivity contribution is 5.73. The molecule has 0 aromatic heterocycles. The Morgan fingerprint density at radius 2 is 2.25 bits per heavy atom. The van der Waals surface area contributed by atoms with Gasteiger partial charge in [0.25, 0.3) is 0 Å². The minimum atomic E-state index is 0.181. The van der Waals surface area contributed by atoms with Crippen LogP contribution in [-0.2, 0) is 4.79 Å². The van der Waals surface area contributed by atoms with E-state index >= 15 is 0 Å². The van der Waals surface area contributed by atoms with E-state index in [0.717, 1.165) is 26.2 Å². The zero-order valence-electron chi connectivity index (χ0n) is 10.6. The van der Waals surface area contributed by atoms with Crippen molar-refractivity contribution in [3.05, 3.63) is 0 Å². The highest BCUT2D eigenvalue weighted by atomic mass is 16.2. The molecule has 1 amide bonds. The van der Waals surface area contributed by atoms with Gasteiger partial charge in [-0.15, -0.1) is 0 Å². The lowest BCUT2D eigenvalue weighted by Gasteiger charge is -2.38. The highest BCUT2D eigenvalue weighted by Crippen LogP contribution is 2.17. The van der Waals surface area contributed by atoms with Crippen molar-refractivity contribution < 1.29 is 4.79 Å². The van der Waals surface area contributed by atoms with Crippen LogP contribution in [0.5, 0.6) is 0 Å². The Bertz CT molecular complexity index is 218. The number of piperidine rings is 1. The van der Waals surface area contributed by atoms with Gasteiger partial charge in [0.15, 0.2) is 0 Å². The molecule has 1 rings (SSSR count). The van der Waals surface area contributed by atoms with Crippen LogP contribution >= 0.6 is 0 Å². The molecule has 94 valence electrons. The number of nitrogens with two attached hydrogens (primary N) is 1. The number of amides is 1. The lowest BCUT2D eigenvalue weighted by molar-refractivity contribution is -0.129. The molecule has 0 radical (unpaired) electrons. The monoisotopic (exact) mass is 227 g/mol. The van der Waals surface area contributed by atoms with Crippen molar-refractivity contribution in [2.24, 2.45) is 5.73 Å². The summed E-state index contributed by atoms with van der Waals surface area (Å²) in [5.41, 5.74) is 5.62. The Balaban J connectivity index is 2.50. The molecule has 0 aliphatic carbocycles. The van der Waals surface area contributed by atoms with Crippen molar-refractivity contribution in [3.8, 4) is 0 Å². The van der Waals surface area contributed by atoms with Gasteiger partial charge in [0.2, 0.25) is 5.91 Å². The molecule has 4 nitrogen and oxygen atoms in total. The third kappa shape index (κ3) is 3.76. The lowest BCUT2D eigenvalue weighted by Crippen LogP contribution is -2.49. The molecule has 4 heteroatoms. The summed E-state index contributed by atoms with van der Waals surface area (Å²) in [7, 11) is 0. The second-order valence-corrected chi connectivity index (χ2v) is 4.53. The maximum atomic E-state index is 11.4. The first-order valence-electron chi connectivity index (χ1n) is 6.38. The summed E-state index contributed by atoms with van der Waals surface area (Å²) in [5.74, 6) is 0.181. The van der Waals surface area contributed by atoms with E-state index < -0.39 is 0 Å². The molecule has 0 bridgehead atoms. The number of rotatable bonds is 5. The molecule has 1 heterocycles. The molecule has 1 saturated heterocycles. The first kappa shape index (κ1) is 13.5. The maximum absolute atomic E-state index is 11.4. The predicted octanol–water partition coefficient (Wildman–Crippen LogP) is 0.668. The van der Waals surface area contributed by atoms with Crippen molar-refractivity contribution in [1.29, 1.82) is 0 Å². The fourth-order valence-electron chi connectivity index (χ4n) is 2.46. The van der Waals surface area contributed by atoms with Gasteiger partial charge in [0.05, 0.1) is 0 Å². The molecule has 0 spiro atoms. The number of nitrogens with zero attached hydrogens (tertiary/aromatic N) is 2. The molecular weight excluding hydrogens is 202 g/mol. The second-order valence-electron chi connectivity index (χ2n) is 4.53. The molecule has 16 heavy (non-hydrogen) atoms. The SMILES string of the molecule is CCN(C[C@H]1CCCCN1CCN)C(C)=O. The Labute approximate surface area is 98.8 Å². The molecule has 2 N–H and O–H groups in total. The van der Waals surface area contributed by atoms with Gasteiger partial charge in [-0.1, -0.05) is 6.42 Å². The minimum absolute atomic E-state index is 0.181. The van der Waals surface area contributed by atoms with Crippen LogP contribution in [0, 0.1) is 0 Å². The number of carbonyl (C=O) groups is 1. The Morgan fingerprint density at radius 3 is 2.81 bits per heavy atom. The van der Waals surface area contributed by atoms with Crippen LogP contribution in [0.2, 0.25) is 0 Å². The third-order valence-electron chi connectivity index (χ3n) is 3.42. The highest BCUT2D eigenvalue weighted by Gasteiger charge is 2.24. The molecule has 0 aromatic rings. The van der Waals surface area contributed by atoms with Crippen molar-refractivity contribution in [2.75, 3.05) is 32.7 Å². The summed E-state index contributed by atoms with van der Waals surface area (Å²) in [6, 6.07) is 0.515. The molecule has 0 unspecified atom stereocenters. The summed E-state index contributed by atoms with van der Waals surface area (Å²) in [6.07, 6.45) is 3.74. The van der Waals surface area contributed by atoms with E-state index in [1.54, 1.807) is 6.92 Å². The summed E-state index contributed by atoms with van der Waals surface area (Å²) in [4.78, 5) is 15.8. The quantitative estimate of drug-likeness (QED) is 0.751. The second kappa shape index (κ2) is 6.86. The fraction of sp³-hybridized carbons (Fsp3) is 0.917. The first-order chi connectivity index (χ1) is 7.69. The van der Waals surface area contributed by atoms with Gasteiger partial charge in [-0.2, -0.15) is 0 Å². The number of likely N-dealkylation sites (tertiary alicyclic amines) is 1. The fourth-order valence-corrected chi connectivity index (χ4v) is 2.46. The number of likely N-dealkylation sites (N-methyl/N-ethyl adjacent to an activating group) is 1. The van der Waals surface area contributed by atoms with E-state index in [1.165, 1.54) is 19.3 Å². The van der Waals surface area contributed by atoms with E-state index in [0.29, 0.717) is 12.6 Å². The smallest absolute Gasteiger partial charge is 0.219 e. The third-order valence-corrected chi connectivity index (χ3v) is 3.42. The van der Waals surface area contributed by atoms with Gasteiger partial charge >= 0.3 is 0 Å². The molecule has 0 aromatic carbocycles. The normalized spacial score (nSPS) is 22.1. The van der Waals surface area contributed by atoms with Crippen LogP contribution < -0.4 is 5.73 Å². The number of carbonyl (C=O) groups excluding carboxylic acids is 1. The maximum Gasteiger partial charge on any atom is 0.219 e. The standard InChI is InChI=1S/C12H25N3O/c1-3-14(11(2)16)10-12-6-4-5-8-15(12)9-7-13/h12H,3-10,13H2,1-2H3/t12-/m1/s1. The summed E-state index contributed by atoms with van der Waals surface area (Å²) >= 11 is 0. The van der Waals surface area contributed by atoms with Crippen molar-refractivity contribution in [1.82, 2.24) is 9.80 Å². The van der Waals surface area contributed by atoms with Crippen molar-refractivity contribution in [2.45, 2.75) is 39.2 Å². The van der Waals surface area contributed by atoms with Crippen LogP contribution in [0.15, 0.2) is 0 Å². The molecule has 0 saturated carbocycles. The predicted molar refractivity (Wildman–Crippen MR) is 66.2 cm³/mol. The van der Waals surface area contributed by atoms with E-state index in [9.17, 15) is 4.79 Å². The van der Waals surface area contributed by atoms with Crippen molar-refractivity contribution in [3.63, 3.8) is 0 Å². The zero-order valence-corrected chi connectivity index (χ0v) is 10.6. The van der Waals surface area contributed by atoms with Gasteiger partial charge < -0.3 is 10.6 Å². The van der Waals surface area contributed by atoms with Crippen LogP contribution in [0.4, 0.5) is 0 Å². The van der Waals surface area contributed by atoms with E-state index in [4.69, 9.17) is 5.73 Å². The average Bonchev–Trinajstić information content (AvgIpc) is 2.27. The zero-order chi connectivity index (χ0) is 12.0. The summed E-state index contributed by atoms with van der Waals surface area (Å²) in [5, 5.41) is 0. The molecule has 1 fully saturated rings. The minimum Gasteiger partial charge on any atom is -0.342 e. The molecule has 1 aliphatic rings. The first-order valence-corrected chi connectivity index (χ1v) is 6.38. The van der Waals surface area contributed by atoms with Crippen LogP contribution in [0.25, 0.3) is 0 Å². The topological polar surface area (TPSA) is 49.6 Å². The molecular formula is C12H25N3O. The van der Waals surface area contributed by atoms with E-state index in [-0.39, 0.29) is 5.91 Å². The van der Waals surface area contributed by atoms with E-state index in [2.05, 4.69) is 4.90 Å². The number of hydrogen-bond donors (Lipinski definition) is 1. The Kier molecular flexibility index (Phi) is 5.77. The lowest BCUT2D eigenvalue weighted by atomic mass is 10.0.